The Morgan fingerprint density at radius 3 is 2.54 bits per heavy atom. The summed E-state index contributed by atoms with van der Waals surface area (Å²) in [6.07, 6.45) is -8.25. The molecule has 13 heteroatoms. The van der Waals surface area contributed by atoms with E-state index in [0.717, 1.165) is 15.7 Å². The molecule has 192 valence electrons. The summed E-state index contributed by atoms with van der Waals surface area (Å²) in [7, 11) is -1.28. The largest absolute Gasteiger partial charge is 0.439 e. The van der Waals surface area contributed by atoms with E-state index < -0.39 is 57.2 Å². The van der Waals surface area contributed by atoms with E-state index in [2.05, 4.69) is 35.1 Å². The molecule has 0 aliphatic carbocycles. The maximum Gasteiger partial charge on any atom is 0.417 e. The molecule has 1 aliphatic heterocycles. The van der Waals surface area contributed by atoms with Gasteiger partial charge in [0.15, 0.2) is 12.6 Å². The van der Waals surface area contributed by atoms with Gasteiger partial charge in [-0.25, -0.2) is 9.69 Å². The van der Waals surface area contributed by atoms with Gasteiger partial charge in [-0.2, -0.15) is 13.2 Å². The number of benzene rings is 1. The Labute approximate surface area is 202 Å². The number of imide groups is 1. The monoisotopic (exact) mass is 513 g/mol. The fourth-order valence-electron chi connectivity index (χ4n) is 3.73. The van der Waals surface area contributed by atoms with Gasteiger partial charge in [0.25, 0.3) is 0 Å². The quantitative estimate of drug-likeness (QED) is 0.347. The van der Waals surface area contributed by atoms with Crippen LogP contribution >= 0.6 is 0 Å². The normalized spacial score (nSPS) is 19.6. The predicted molar refractivity (Wildman–Crippen MR) is 122 cm³/mol. The van der Waals surface area contributed by atoms with Gasteiger partial charge in [-0.1, -0.05) is 50.0 Å². The molecule has 2 aromatic rings. The highest BCUT2D eigenvalue weighted by molar-refractivity contribution is 6.76. The summed E-state index contributed by atoms with van der Waals surface area (Å²) in [5.74, 6) is -2.63. The molecule has 1 saturated heterocycles. The maximum absolute atomic E-state index is 13.3. The highest BCUT2D eigenvalue weighted by Crippen LogP contribution is 2.35. The van der Waals surface area contributed by atoms with E-state index in [1.54, 1.807) is 37.3 Å². The summed E-state index contributed by atoms with van der Waals surface area (Å²) in [5.41, 5.74) is 0.648. The van der Waals surface area contributed by atoms with Gasteiger partial charge in [-0.15, -0.1) is 15.0 Å². The number of aromatic nitrogens is 4. The number of hydrogen-bond acceptors (Lipinski definition) is 7. The molecule has 0 spiro atoms. The predicted octanol–water partition coefficient (Wildman–Crippen LogP) is 4.21. The summed E-state index contributed by atoms with van der Waals surface area (Å²) in [6.45, 7) is 8.71. The van der Waals surface area contributed by atoms with Gasteiger partial charge in [-0.05, 0) is 23.7 Å². The third-order valence-corrected chi connectivity index (χ3v) is 7.29. The van der Waals surface area contributed by atoms with Crippen LogP contribution in [0, 0.1) is 5.92 Å². The number of rotatable bonds is 10. The fourth-order valence-corrected chi connectivity index (χ4v) is 4.48. The van der Waals surface area contributed by atoms with E-state index in [0.29, 0.717) is 12.2 Å². The minimum atomic E-state index is -4.64. The molecule has 1 aliphatic rings. The van der Waals surface area contributed by atoms with Crippen LogP contribution in [0.5, 0.6) is 0 Å². The number of hydrogen-bond donors (Lipinski definition) is 0. The van der Waals surface area contributed by atoms with Gasteiger partial charge in [-0.3, -0.25) is 4.79 Å². The summed E-state index contributed by atoms with van der Waals surface area (Å²) in [5, 5.41) is 11.6. The molecule has 1 aromatic carbocycles. The Morgan fingerprint density at radius 2 is 1.91 bits per heavy atom. The van der Waals surface area contributed by atoms with E-state index in [1.165, 1.54) is 0 Å². The van der Waals surface area contributed by atoms with Crippen molar-refractivity contribution < 1.29 is 32.2 Å². The molecular weight excluding hydrogens is 483 g/mol. The van der Waals surface area contributed by atoms with E-state index in [1.807, 2.05) is 0 Å². The molecule has 0 radical (unpaired) electrons. The van der Waals surface area contributed by atoms with Crippen molar-refractivity contribution in [2.75, 3.05) is 6.61 Å². The standard InChI is InChI=1S/C22H30F3N5O4Si/c1-15-19(16-8-6-5-7-9-16)34-21(32)30(15)20(31)17(13-22(23,24)25)12-18-26-28-29(27-18)14-33-10-11-35(2,3)4/h5-9,15,17,19H,10-14H2,1-4H3/t15-,17-,19-/m1/s1. The number of carbonyl (C=O) groups excluding carboxylic acids is 2. The first-order chi connectivity index (χ1) is 16.3. The van der Waals surface area contributed by atoms with E-state index in [-0.39, 0.29) is 12.6 Å². The fraction of sp³-hybridized carbons (Fsp3) is 0.591. The molecular formula is C22H30F3N5O4Si. The Bertz CT molecular complexity index is 1010. The van der Waals surface area contributed by atoms with Crippen LogP contribution in [0.3, 0.4) is 0 Å². The molecule has 0 saturated carbocycles. The van der Waals surface area contributed by atoms with Crippen LogP contribution in [0.2, 0.25) is 25.7 Å². The maximum atomic E-state index is 13.3. The third kappa shape index (κ3) is 7.59. The van der Waals surface area contributed by atoms with Gasteiger partial charge in [0.1, 0.15) is 6.10 Å². The van der Waals surface area contributed by atoms with E-state index >= 15 is 0 Å². The van der Waals surface area contributed by atoms with Crippen LogP contribution in [0.4, 0.5) is 18.0 Å². The summed E-state index contributed by atoms with van der Waals surface area (Å²) in [4.78, 5) is 27.5. The number of carbonyl (C=O) groups is 2. The van der Waals surface area contributed by atoms with Crippen LogP contribution in [0.25, 0.3) is 0 Å². The number of amides is 2. The Balaban J connectivity index is 1.70. The summed E-state index contributed by atoms with van der Waals surface area (Å²) >= 11 is 0. The van der Waals surface area contributed by atoms with E-state index in [4.69, 9.17) is 9.47 Å². The second-order valence-electron chi connectivity index (χ2n) is 9.81. The van der Waals surface area contributed by atoms with Gasteiger partial charge in [0.2, 0.25) is 5.91 Å². The highest BCUT2D eigenvalue weighted by atomic mass is 28.3. The average Bonchev–Trinajstić information content (AvgIpc) is 3.32. The molecule has 0 unspecified atom stereocenters. The number of ether oxygens (including phenoxy) is 2. The Hall–Kier alpha value is -2.80. The van der Waals surface area contributed by atoms with Crippen molar-refractivity contribution in [2.45, 2.75) is 70.5 Å². The molecule has 1 aromatic heterocycles. The zero-order valence-corrected chi connectivity index (χ0v) is 21.2. The first-order valence-corrected chi connectivity index (χ1v) is 15.0. The van der Waals surface area contributed by atoms with Crippen molar-refractivity contribution in [3.63, 3.8) is 0 Å². The van der Waals surface area contributed by atoms with E-state index in [9.17, 15) is 22.8 Å². The summed E-state index contributed by atoms with van der Waals surface area (Å²) in [6, 6.07) is 8.88. The molecule has 35 heavy (non-hydrogen) atoms. The van der Waals surface area contributed by atoms with Gasteiger partial charge >= 0.3 is 12.3 Å². The first-order valence-electron chi connectivity index (χ1n) is 11.3. The highest BCUT2D eigenvalue weighted by Gasteiger charge is 2.47. The topological polar surface area (TPSA) is 99.4 Å². The lowest BCUT2D eigenvalue weighted by atomic mass is 9.97. The number of cyclic esters (lactones) is 1. The number of tetrazole rings is 1. The molecule has 3 atom stereocenters. The third-order valence-electron chi connectivity index (χ3n) is 5.59. The summed E-state index contributed by atoms with van der Waals surface area (Å²) < 4.78 is 50.9. The molecule has 2 amide bonds. The zero-order chi connectivity index (χ0) is 25.8. The molecule has 0 bridgehead atoms. The van der Waals surface area contributed by atoms with Crippen LogP contribution in [-0.4, -0.2) is 64.0 Å². The lowest BCUT2D eigenvalue weighted by Crippen LogP contribution is -2.43. The Kier molecular flexibility index (Phi) is 8.31. The second kappa shape index (κ2) is 10.9. The van der Waals surface area contributed by atoms with Crippen molar-refractivity contribution in [1.82, 2.24) is 25.1 Å². The molecule has 2 heterocycles. The zero-order valence-electron chi connectivity index (χ0n) is 20.2. The number of halogens is 3. The molecule has 0 N–H and O–H groups in total. The lowest BCUT2D eigenvalue weighted by molar-refractivity contribution is -0.158. The SMILES string of the molecule is C[C@@H]1[C@H](c2ccccc2)OC(=O)N1C(=O)[C@H](Cc1nnn(COCC[Si](C)(C)C)n1)CC(F)(F)F. The van der Waals surface area contributed by atoms with Crippen LogP contribution in [0.1, 0.15) is 30.8 Å². The van der Waals surface area contributed by atoms with Gasteiger partial charge in [0.05, 0.1) is 18.4 Å². The van der Waals surface area contributed by atoms with Crippen LogP contribution < -0.4 is 0 Å². The number of nitrogens with zero attached hydrogens (tertiary/aromatic N) is 5. The van der Waals surface area contributed by atoms with Crippen molar-refractivity contribution in [3.05, 3.63) is 41.7 Å². The average molecular weight is 514 g/mol. The van der Waals surface area contributed by atoms with Crippen molar-refractivity contribution in [2.24, 2.45) is 5.92 Å². The van der Waals surface area contributed by atoms with Crippen molar-refractivity contribution in [3.8, 4) is 0 Å². The number of alkyl halides is 3. The van der Waals surface area contributed by atoms with Crippen LogP contribution in [0.15, 0.2) is 30.3 Å². The van der Waals surface area contributed by atoms with Crippen molar-refractivity contribution in [1.29, 1.82) is 0 Å². The van der Waals surface area contributed by atoms with Crippen molar-refractivity contribution >= 4 is 20.1 Å². The second-order valence-corrected chi connectivity index (χ2v) is 15.4. The molecule has 3 rings (SSSR count). The Morgan fingerprint density at radius 1 is 1.23 bits per heavy atom. The molecule has 9 nitrogen and oxygen atoms in total. The van der Waals surface area contributed by atoms with Crippen LogP contribution in [-0.2, 0) is 27.4 Å². The smallest absolute Gasteiger partial charge is 0.417 e. The van der Waals surface area contributed by atoms with Gasteiger partial charge < -0.3 is 9.47 Å². The first kappa shape index (κ1) is 26.8. The molecule has 1 fully saturated rings. The minimum absolute atomic E-state index is 0.00358. The lowest BCUT2D eigenvalue weighted by Gasteiger charge is -2.24. The minimum Gasteiger partial charge on any atom is -0.439 e. The van der Waals surface area contributed by atoms with Gasteiger partial charge in [0, 0.05) is 21.1 Å².